The Morgan fingerprint density at radius 1 is 1.10 bits per heavy atom. The number of anilines is 1. The van der Waals surface area contributed by atoms with E-state index in [1.165, 1.54) is 4.90 Å². The SMILES string of the molecule is CCCNc1nc(-c2ccc(SC)cc2)nc(C)c1C. The van der Waals surface area contributed by atoms with E-state index in [0.717, 1.165) is 41.4 Å². The standard InChI is InChI=1S/C16H21N3S/c1-5-10-17-15-11(2)12(3)18-16(19-15)13-6-8-14(20-4)9-7-13/h6-9H,5,10H2,1-4H3,(H,17,18,19). The Kier molecular flexibility index (Phi) is 5.01. The van der Waals surface area contributed by atoms with E-state index in [4.69, 9.17) is 0 Å². The average Bonchev–Trinajstić information content (AvgIpc) is 2.48. The first-order chi connectivity index (χ1) is 9.65. The first kappa shape index (κ1) is 14.9. The van der Waals surface area contributed by atoms with Gasteiger partial charge in [-0.3, -0.25) is 0 Å². The third-order valence-electron chi connectivity index (χ3n) is 3.28. The van der Waals surface area contributed by atoms with E-state index in [0.29, 0.717) is 0 Å². The van der Waals surface area contributed by atoms with Gasteiger partial charge in [0.2, 0.25) is 0 Å². The number of thioether (sulfide) groups is 1. The van der Waals surface area contributed by atoms with Crippen molar-refractivity contribution in [2.45, 2.75) is 32.1 Å². The Bertz CT molecular complexity index is 579. The molecular weight excluding hydrogens is 266 g/mol. The molecule has 0 fully saturated rings. The number of rotatable bonds is 5. The second kappa shape index (κ2) is 6.75. The van der Waals surface area contributed by atoms with Crippen molar-refractivity contribution in [3.05, 3.63) is 35.5 Å². The van der Waals surface area contributed by atoms with Gasteiger partial charge in [0, 0.05) is 28.3 Å². The summed E-state index contributed by atoms with van der Waals surface area (Å²) in [5.41, 5.74) is 3.22. The van der Waals surface area contributed by atoms with Gasteiger partial charge in [0.25, 0.3) is 0 Å². The first-order valence-corrected chi connectivity index (χ1v) is 8.11. The van der Waals surface area contributed by atoms with Gasteiger partial charge in [-0.2, -0.15) is 0 Å². The molecule has 1 aromatic carbocycles. The molecule has 4 heteroatoms. The molecule has 1 aromatic heterocycles. The molecule has 3 nitrogen and oxygen atoms in total. The van der Waals surface area contributed by atoms with Crippen molar-refractivity contribution < 1.29 is 0 Å². The van der Waals surface area contributed by atoms with Crippen LogP contribution in [0.25, 0.3) is 11.4 Å². The fraction of sp³-hybridized carbons (Fsp3) is 0.375. The largest absolute Gasteiger partial charge is 0.370 e. The minimum atomic E-state index is 0.791. The quantitative estimate of drug-likeness (QED) is 0.832. The van der Waals surface area contributed by atoms with Gasteiger partial charge in [-0.1, -0.05) is 19.1 Å². The van der Waals surface area contributed by atoms with E-state index in [-0.39, 0.29) is 0 Å². The second-order valence-electron chi connectivity index (χ2n) is 4.76. The zero-order valence-corrected chi connectivity index (χ0v) is 13.3. The molecule has 0 saturated carbocycles. The third kappa shape index (κ3) is 3.31. The van der Waals surface area contributed by atoms with Crippen LogP contribution in [-0.2, 0) is 0 Å². The summed E-state index contributed by atoms with van der Waals surface area (Å²) in [4.78, 5) is 10.5. The maximum absolute atomic E-state index is 4.67. The van der Waals surface area contributed by atoms with Gasteiger partial charge in [0.15, 0.2) is 5.82 Å². The number of nitrogens with zero attached hydrogens (tertiary/aromatic N) is 2. The molecule has 2 rings (SSSR count). The van der Waals surface area contributed by atoms with Gasteiger partial charge >= 0.3 is 0 Å². The predicted octanol–water partition coefficient (Wildman–Crippen LogP) is 4.30. The minimum absolute atomic E-state index is 0.791. The molecule has 2 aromatic rings. The Balaban J connectivity index is 2.37. The molecule has 0 aliphatic heterocycles. The van der Waals surface area contributed by atoms with Crippen molar-refractivity contribution in [2.24, 2.45) is 0 Å². The molecule has 0 unspecified atom stereocenters. The van der Waals surface area contributed by atoms with Crippen LogP contribution in [0.5, 0.6) is 0 Å². The normalized spacial score (nSPS) is 10.6. The van der Waals surface area contributed by atoms with Crippen LogP contribution in [-0.4, -0.2) is 22.8 Å². The molecule has 0 bridgehead atoms. The molecule has 0 amide bonds. The minimum Gasteiger partial charge on any atom is -0.370 e. The van der Waals surface area contributed by atoms with Crippen molar-refractivity contribution >= 4 is 17.6 Å². The molecule has 0 spiro atoms. The van der Waals surface area contributed by atoms with Crippen molar-refractivity contribution in [1.29, 1.82) is 0 Å². The summed E-state index contributed by atoms with van der Waals surface area (Å²) in [5.74, 6) is 1.74. The lowest BCUT2D eigenvalue weighted by Gasteiger charge is -2.12. The van der Waals surface area contributed by atoms with Crippen LogP contribution in [0.4, 0.5) is 5.82 Å². The Labute approximate surface area is 125 Å². The molecule has 0 aliphatic rings. The van der Waals surface area contributed by atoms with Crippen LogP contribution in [0.15, 0.2) is 29.2 Å². The van der Waals surface area contributed by atoms with E-state index in [2.05, 4.69) is 59.7 Å². The number of hydrogen-bond donors (Lipinski definition) is 1. The maximum Gasteiger partial charge on any atom is 0.161 e. The molecule has 0 aliphatic carbocycles. The lowest BCUT2D eigenvalue weighted by atomic mass is 10.2. The zero-order chi connectivity index (χ0) is 14.5. The van der Waals surface area contributed by atoms with Gasteiger partial charge in [0.05, 0.1) is 0 Å². The van der Waals surface area contributed by atoms with Crippen molar-refractivity contribution in [1.82, 2.24) is 9.97 Å². The van der Waals surface area contributed by atoms with E-state index >= 15 is 0 Å². The number of aromatic nitrogens is 2. The summed E-state index contributed by atoms with van der Waals surface area (Å²) in [6, 6.07) is 8.38. The van der Waals surface area contributed by atoms with Crippen molar-refractivity contribution in [3.63, 3.8) is 0 Å². The first-order valence-electron chi connectivity index (χ1n) is 6.89. The third-order valence-corrected chi connectivity index (χ3v) is 4.02. The van der Waals surface area contributed by atoms with Crippen LogP contribution in [0.1, 0.15) is 24.6 Å². The summed E-state index contributed by atoms with van der Waals surface area (Å²) < 4.78 is 0. The van der Waals surface area contributed by atoms with Crippen LogP contribution in [0.2, 0.25) is 0 Å². The van der Waals surface area contributed by atoms with Crippen molar-refractivity contribution in [3.8, 4) is 11.4 Å². The predicted molar refractivity (Wildman–Crippen MR) is 87.5 cm³/mol. The smallest absolute Gasteiger partial charge is 0.161 e. The summed E-state index contributed by atoms with van der Waals surface area (Å²) in [5, 5.41) is 3.38. The molecule has 0 atom stereocenters. The van der Waals surface area contributed by atoms with Crippen molar-refractivity contribution in [2.75, 3.05) is 18.1 Å². The topological polar surface area (TPSA) is 37.8 Å². The Morgan fingerprint density at radius 3 is 2.40 bits per heavy atom. The molecule has 1 N–H and O–H groups in total. The van der Waals surface area contributed by atoms with Gasteiger partial charge in [0.1, 0.15) is 5.82 Å². The fourth-order valence-corrected chi connectivity index (χ4v) is 2.32. The van der Waals surface area contributed by atoms with Crippen LogP contribution in [0, 0.1) is 13.8 Å². The molecular formula is C16H21N3S. The highest BCUT2D eigenvalue weighted by Gasteiger charge is 2.09. The van der Waals surface area contributed by atoms with Gasteiger partial charge in [-0.05, 0) is 38.7 Å². The number of nitrogens with one attached hydrogen (secondary N) is 1. The van der Waals surface area contributed by atoms with E-state index in [1.807, 2.05) is 6.92 Å². The van der Waals surface area contributed by atoms with Crippen LogP contribution in [0.3, 0.4) is 0 Å². The summed E-state index contributed by atoms with van der Waals surface area (Å²) in [6.07, 6.45) is 3.16. The Hall–Kier alpha value is -1.55. The summed E-state index contributed by atoms with van der Waals surface area (Å²) in [6.45, 7) is 7.18. The zero-order valence-electron chi connectivity index (χ0n) is 12.5. The lowest BCUT2D eigenvalue weighted by molar-refractivity contribution is 0.954. The molecule has 0 radical (unpaired) electrons. The molecule has 0 saturated heterocycles. The average molecular weight is 287 g/mol. The highest BCUT2D eigenvalue weighted by Crippen LogP contribution is 2.24. The highest BCUT2D eigenvalue weighted by atomic mass is 32.2. The molecule has 106 valence electrons. The Morgan fingerprint density at radius 2 is 1.80 bits per heavy atom. The van der Waals surface area contributed by atoms with Crippen LogP contribution >= 0.6 is 11.8 Å². The van der Waals surface area contributed by atoms with Gasteiger partial charge < -0.3 is 5.32 Å². The highest BCUT2D eigenvalue weighted by molar-refractivity contribution is 7.98. The van der Waals surface area contributed by atoms with Gasteiger partial charge in [-0.15, -0.1) is 11.8 Å². The molecule has 20 heavy (non-hydrogen) atoms. The lowest BCUT2D eigenvalue weighted by Crippen LogP contribution is -2.07. The van der Waals surface area contributed by atoms with E-state index in [9.17, 15) is 0 Å². The van der Waals surface area contributed by atoms with Crippen LogP contribution < -0.4 is 5.32 Å². The number of hydrogen-bond acceptors (Lipinski definition) is 4. The monoisotopic (exact) mass is 287 g/mol. The second-order valence-corrected chi connectivity index (χ2v) is 5.64. The van der Waals surface area contributed by atoms with E-state index < -0.39 is 0 Å². The fourth-order valence-electron chi connectivity index (χ4n) is 1.91. The molecule has 1 heterocycles. The summed E-state index contributed by atoms with van der Waals surface area (Å²) >= 11 is 1.74. The maximum atomic E-state index is 4.67. The number of aryl methyl sites for hydroxylation is 1. The number of benzene rings is 1. The summed E-state index contributed by atoms with van der Waals surface area (Å²) in [7, 11) is 0. The van der Waals surface area contributed by atoms with Gasteiger partial charge in [-0.25, -0.2) is 9.97 Å². The van der Waals surface area contributed by atoms with E-state index in [1.54, 1.807) is 11.8 Å².